The lowest BCUT2D eigenvalue weighted by molar-refractivity contribution is -0.145. The summed E-state index contributed by atoms with van der Waals surface area (Å²) in [4.78, 5) is 42.2. The first-order chi connectivity index (χ1) is 18.6. The van der Waals surface area contributed by atoms with E-state index in [2.05, 4.69) is 20.9 Å². The molecule has 2 aliphatic rings. The van der Waals surface area contributed by atoms with Crippen LogP contribution in [0.2, 0.25) is 0 Å². The van der Waals surface area contributed by atoms with Crippen molar-refractivity contribution in [2.75, 3.05) is 25.0 Å². The highest BCUT2D eigenvalue weighted by atomic mass is 16.5. The number of carbonyl (C=O) groups excluding carboxylic acids is 2. The molecule has 1 saturated carbocycles. The molecule has 1 aliphatic heterocycles. The van der Waals surface area contributed by atoms with Gasteiger partial charge in [0, 0.05) is 43.1 Å². The van der Waals surface area contributed by atoms with E-state index in [4.69, 9.17) is 9.84 Å². The fourth-order valence-corrected chi connectivity index (χ4v) is 5.25. The van der Waals surface area contributed by atoms with E-state index in [1.165, 1.54) is 0 Å². The number of hydrogen-bond acceptors (Lipinski definition) is 6. The monoisotopic (exact) mass is 539 g/mol. The number of aromatic nitrogens is 1. The van der Waals surface area contributed by atoms with Crippen LogP contribution in [0, 0.1) is 19.3 Å². The van der Waals surface area contributed by atoms with Gasteiger partial charge in [0.2, 0.25) is 5.88 Å². The van der Waals surface area contributed by atoms with Crippen molar-refractivity contribution in [1.29, 1.82) is 0 Å². The molecule has 4 N–H and O–H groups in total. The third kappa shape index (κ3) is 8.16. The van der Waals surface area contributed by atoms with E-state index >= 15 is 0 Å². The molecule has 1 aliphatic carbocycles. The van der Waals surface area contributed by atoms with Gasteiger partial charge in [-0.25, -0.2) is 9.78 Å². The van der Waals surface area contributed by atoms with Crippen LogP contribution >= 0.6 is 0 Å². The molecule has 3 amide bonds. The molecule has 0 bridgehead atoms. The Morgan fingerprint density at radius 3 is 2.54 bits per heavy atom. The standard InChI is InChI=1S/C27H35N5O5.C2H6/c1-4-22(37-25-18(3)8-17(2)12-29-25)24(35)28-13-19-6-5-7-20(9-19)30-26(36)31-21-10-27(11-21)15-32(16-27)14-23(33)34;1-2/h5-9,12,21-22H,4,10-11,13-16H2,1-3H3,(H,28,35)(H,33,34)(H2,30,31,36);1-2H3. The summed E-state index contributed by atoms with van der Waals surface area (Å²) in [6.07, 6.45) is 3.29. The van der Waals surface area contributed by atoms with Crippen LogP contribution in [0.1, 0.15) is 56.7 Å². The maximum Gasteiger partial charge on any atom is 0.319 e. The summed E-state index contributed by atoms with van der Waals surface area (Å²) in [6, 6.07) is 9.11. The van der Waals surface area contributed by atoms with Crippen LogP contribution in [-0.4, -0.2) is 64.7 Å². The number of likely N-dealkylation sites (tertiary alicyclic amines) is 1. The predicted molar refractivity (Wildman–Crippen MR) is 150 cm³/mol. The molecule has 2 fully saturated rings. The Labute approximate surface area is 230 Å². The van der Waals surface area contributed by atoms with Crippen molar-refractivity contribution in [2.45, 2.75) is 72.6 Å². The number of benzene rings is 1. The number of carbonyl (C=O) groups is 3. The van der Waals surface area contributed by atoms with Crippen molar-refractivity contribution in [2.24, 2.45) is 5.41 Å². The molecule has 1 unspecified atom stereocenters. The molecule has 10 nitrogen and oxygen atoms in total. The van der Waals surface area contributed by atoms with E-state index in [9.17, 15) is 14.4 Å². The van der Waals surface area contributed by atoms with Crippen LogP contribution in [0.3, 0.4) is 0 Å². The number of nitrogens with one attached hydrogen (secondary N) is 3. The number of urea groups is 1. The van der Waals surface area contributed by atoms with E-state index in [0.29, 0.717) is 24.5 Å². The Morgan fingerprint density at radius 2 is 1.90 bits per heavy atom. The summed E-state index contributed by atoms with van der Waals surface area (Å²) in [6.45, 7) is 11.7. The fraction of sp³-hybridized carbons (Fsp3) is 0.517. The number of anilines is 1. The molecule has 0 radical (unpaired) electrons. The molecular weight excluding hydrogens is 498 g/mol. The van der Waals surface area contributed by atoms with E-state index < -0.39 is 12.1 Å². The second kappa shape index (κ2) is 13.4. The van der Waals surface area contributed by atoms with Crippen molar-refractivity contribution < 1.29 is 24.2 Å². The normalized spacial score (nSPS) is 16.5. The summed E-state index contributed by atoms with van der Waals surface area (Å²) in [5, 5.41) is 17.6. The Kier molecular flexibility index (Phi) is 10.3. The fourth-order valence-electron chi connectivity index (χ4n) is 5.25. The van der Waals surface area contributed by atoms with Gasteiger partial charge in [0.15, 0.2) is 6.10 Å². The molecule has 39 heavy (non-hydrogen) atoms. The first-order valence-corrected chi connectivity index (χ1v) is 13.6. The maximum atomic E-state index is 12.7. The molecule has 212 valence electrons. The van der Waals surface area contributed by atoms with Gasteiger partial charge in [0.05, 0.1) is 6.54 Å². The number of pyridine rings is 1. The van der Waals surface area contributed by atoms with Gasteiger partial charge in [0.25, 0.3) is 5.91 Å². The van der Waals surface area contributed by atoms with Gasteiger partial charge in [-0.05, 0) is 67.9 Å². The molecule has 2 aromatic rings. The SMILES string of the molecule is CC.CCC(Oc1ncc(C)cc1C)C(=O)NCc1cccc(NC(=O)NC2CC3(C2)CN(CC(=O)O)C3)c1. The quantitative estimate of drug-likeness (QED) is 0.360. The predicted octanol–water partition coefficient (Wildman–Crippen LogP) is 3.87. The minimum Gasteiger partial charge on any atom is -0.480 e. The first kappa shape index (κ1) is 29.9. The van der Waals surface area contributed by atoms with Crippen molar-refractivity contribution in [3.63, 3.8) is 0 Å². The van der Waals surface area contributed by atoms with Gasteiger partial charge in [-0.1, -0.05) is 32.9 Å². The van der Waals surface area contributed by atoms with E-state index in [1.54, 1.807) is 12.3 Å². The highest BCUT2D eigenvalue weighted by Crippen LogP contribution is 2.48. The van der Waals surface area contributed by atoms with E-state index in [0.717, 1.165) is 42.6 Å². The lowest BCUT2D eigenvalue weighted by atomic mass is 9.60. The average Bonchev–Trinajstić information content (AvgIpc) is 2.85. The molecule has 1 atom stereocenters. The summed E-state index contributed by atoms with van der Waals surface area (Å²) in [7, 11) is 0. The minimum atomic E-state index is -0.807. The number of carboxylic acid groups (broad SMARTS) is 1. The largest absolute Gasteiger partial charge is 0.480 e. The zero-order valence-corrected chi connectivity index (χ0v) is 23.5. The van der Waals surface area contributed by atoms with Crippen molar-refractivity contribution >= 4 is 23.6 Å². The summed E-state index contributed by atoms with van der Waals surface area (Å²) >= 11 is 0. The number of rotatable bonds is 10. The lowest BCUT2D eigenvalue weighted by Gasteiger charge is -2.58. The number of nitrogens with zero attached hydrogens (tertiary/aromatic N) is 2. The Bertz CT molecular complexity index is 1160. The molecule has 1 aromatic carbocycles. The zero-order chi connectivity index (χ0) is 28.6. The summed E-state index contributed by atoms with van der Waals surface area (Å²) < 4.78 is 5.86. The molecule has 1 aromatic heterocycles. The topological polar surface area (TPSA) is 133 Å². The van der Waals surface area contributed by atoms with E-state index in [1.807, 2.05) is 63.8 Å². The summed E-state index contributed by atoms with van der Waals surface area (Å²) in [5.41, 5.74) is 3.55. The number of amides is 3. The number of ether oxygens (including phenoxy) is 1. The van der Waals surface area contributed by atoms with Gasteiger partial charge in [-0.2, -0.15) is 0 Å². The first-order valence-electron chi connectivity index (χ1n) is 13.6. The number of carboxylic acids is 1. The van der Waals surface area contributed by atoms with Gasteiger partial charge in [0.1, 0.15) is 0 Å². The molecule has 1 spiro atoms. The minimum absolute atomic E-state index is 0.0763. The second-order valence-electron chi connectivity index (χ2n) is 10.3. The Morgan fingerprint density at radius 1 is 1.18 bits per heavy atom. The van der Waals surface area contributed by atoms with Gasteiger partial charge >= 0.3 is 12.0 Å². The van der Waals surface area contributed by atoms with Gasteiger partial charge in [-0.3, -0.25) is 14.5 Å². The highest BCUT2D eigenvalue weighted by Gasteiger charge is 2.52. The number of hydrogen-bond donors (Lipinski definition) is 4. The number of aryl methyl sites for hydroxylation is 2. The molecule has 4 rings (SSSR count). The van der Waals surface area contributed by atoms with Crippen molar-refractivity contribution in [3.05, 3.63) is 53.2 Å². The molecular formula is C29H41N5O5. The Hall–Kier alpha value is -3.66. The van der Waals surface area contributed by atoms with Crippen LogP contribution < -0.4 is 20.7 Å². The zero-order valence-electron chi connectivity index (χ0n) is 23.5. The maximum absolute atomic E-state index is 12.7. The van der Waals surface area contributed by atoms with Crippen LogP contribution in [0.25, 0.3) is 0 Å². The Balaban J connectivity index is 0.00000205. The highest BCUT2D eigenvalue weighted by molar-refractivity contribution is 5.89. The van der Waals surface area contributed by atoms with E-state index in [-0.39, 0.29) is 29.9 Å². The van der Waals surface area contributed by atoms with Crippen LogP contribution in [-0.2, 0) is 16.1 Å². The third-order valence-corrected chi connectivity index (χ3v) is 6.91. The van der Waals surface area contributed by atoms with Crippen LogP contribution in [0.15, 0.2) is 36.5 Å². The molecule has 10 heteroatoms. The summed E-state index contributed by atoms with van der Waals surface area (Å²) in [5.74, 6) is -0.576. The van der Waals surface area contributed by atoms with Crippen LogP contribution in [0.4, 0.5) is 10.5 Å². The average molecular weight is 540 g/mol. The van der Waals surface area contributed by atoms with Gasteiger partial charge in [-0.15, -0.1) is 0 Å². The smallest absolute Gasteiger partial charge is 0.319 e. The lowest BCUT2D eigenvalue weighted by Crippen LogP contribution is -2.67. The number of aliphatic carboxylic acids is 1. The second-order valence-corrected chi connectivity index (χ2v) is 10.3. The van der Waals surface area contributed by atoms with Crippen molar-refractivity contribution in [3.8, 4) is 5.88 Å². The molecule has 1 saturated heterocycles. The third-order valence-electron chi connectivity index (χ3n) is 6.91. The van der Waals surface area contributed by atoms with Crippen molar-refractivity contribution in [1.82, 2.24) is 20.5 Å². The molecule has 2 heterocycles. The van der Waals surface area contributed by atoms with Crippen LogP contribution in [0.5, 0.6) is 5.88 Å². The van der Waals surface area contributed by atoms with Gasteiger partial charge < -0.3 is 25.8 Å².